The molecule has 2 atom stereocenters. The molecule has 17 heavy (non-hydrogen) atoms. The Morgan fingerprint density at radius 1 is 1.00 bits per heavy atom. The molecule has 0 N–H and O–H groups in total. The zero-order chi connectivity index (χ0) is 12.7. The zero-order valence-electron chi connectivity index (χ0n) is 9.98. The van der Waals surface area contributed by atoms with Crippen LogP contribution in [-0.2, 0) is 9.47 Å². The number of nitrogens with zero attached hydrogens (tertiary/aromatic N) is 6. The molecule has 1 heterocycles. The molecule has 0 unspecified atom stereocenters. The van der Waals surface area contributed by atoms with Gasteiger partial charge in [-0.05, 0) is 23.9 Å². The molecular weight excluding hydrogens is 224 g/mol. The van der Waals surface area contributed by atoms with E-state index in [0.29, 0.717) is 12.8 Å². The SMILES string of the molecule is CCC1(CC)O[C@H](CN=[N+]=[N-])[C@@H](CN=[N+]=[N-])O1. The minimum absolute atomic E-state index is 0.184. The lowest BCUT2D eigenvalue weighted by molar-refractivity contribution is -0.177. The average Bonchev–Trinajstić information content (AvgIpc) is 2.73. The molecule has 8 nitrogen and oxygen atoms in total. The Hall–Kier alpha value is -1.46. The van der Waals surface area contributed by atoms with Gasteiger partial charge in [0, 0.05) is 9.82 Å². The van der Waals surface area contributed by atoms with Gasteiger partial charge in [0.2, 0.25) is 0 Å². The summed E-state index contributed by atoms with van der Waals surface area (Å²) < 4.78 is 11.6. The molecule has 8 heteroatoms. The van der Waals surface area contributed by atoms with Gasteiger partial charge in [0.15, 0.2) is 5.79 Å². The molecule has 0 aromatic rings. The Labute approximate surface area is 99.1 Å². The summed E-state index contributed by atoms with van der Waals surface area (Å²) in [7, 11) is 0. The first-order valence-corrected chi connectivity index (χ1v) is 5.58. The summed E-state index contributed by atoms with van der Waals surface area (Å²) in [4.78, 5) is 5.40. The lowest BCUT2D eigenvalue weighted by Gasteiger charge is -2.25. The lowest BCUT2D eigenvalue weighted by atomic mass is 10.1. The number of hydrogen-bond acceptors (Lipinski definition) is 4. The normalized spacial score (nSPS) is 26.0. The summed E-state index contributed by atoms with van der Waals surface area (Å²) in [6.07, 6.45) is 0.694. The maximum Gasteiger partial charge on any atom is 0.168 e. The Morgan fingerprint density at radius 3 is 1.71 bits per heavy atom. The van der Waals surface area contributed by atoms with Crippen molar-refractivity contribution in [1.82, 2.24) is 0 Å². The van der Waals surface area contributed by atoms with E-state index >= 15 is 0 Å². The Balaban J connectivity index is 2.76. The van der Waals surface area contributed by atoms with Crippen LogP contribution in [-0.4, -0.2) is 31.1 Å². The summed E-state index contributed by atoms with van der Waals surface area (Å²) in [5.74, 6) is -0.648. The van der Waals surface area contributed by atoms with Crippen molar-refractivity contribution >= 4 is 0 Å². The molecule has 1 saturated heterocycles. The van der Waals surface area contributed by atoms with E-state index in [2.05, 4.69) is 20.1 Å². The van der Waals surface area contributed by atoms with Crippen molar-refractivity contribution in [1.29, 1.82) is 0 Å². The molecule has 1 aliphatic rings. The average molecular weight is 240 g/mol. The number of hydrogen-bond donors (Lipinski definition) is 0. The van der Waals surface area contributed by atoms with Crippen molar-refractivity contribution in [3.63, 3.8) is 0 Å². The second-order valence-electron chi connectivity index (χ2n) is 3.76. The number of rotatable bonds is 6. The van der Waals surface area contributed by atoms with E-state index in [0.717, 1.165) is 0 Å². The molecule has 94 valence electrons. The van der Waals surface area contributed by atoms with Crippen molar-refractivity contribution in [3.05, 3.63) is 20.9 Å². The van der Waals surface area contributed by atoms with E-state index in [4.69, 9.17) is 20.5 Å². The summed E-state index contributed by atoms with van der Waals surface area (Å²) >= 11 is 0. The fourth-order valence-electron chi connectivity index (χ4n) is 1.86. The second kappa shape index (κ2) is 6.32. The summed E-state index contributed by atoms with van der Waals surface area (Å²) in [6, 6.07) is 0. The molecular formula is C9H16N6O2. The third kappa shape index (κ3) is 3.25. The number of azide groups is 2. The predicted octanol–water partition coefficient (Wildman–Crippen LogP) is 2.91. The van der Waals surface area contributed by atoms with E-state index in [-0.39, 0.29) is 25.3 Å². The van der Waals surface area contributed by atoms with E-state index in [1.54, 1.807) is 0 Å². The van der Waals surface area contributed by atoms with Crippen LogP contribution in [0.5, 0.6) is 0 Å². The Bertz CT molecular complexity index is 313. The van der Waals surface area contributed by atoms with Crippen LogP contribution in [0.25, 0.3) is 20.9 Å². The fourth-order valence-corrected chi connectivity index (χ4v) is 1.86. The van der Waals surface area contributed by atoms with Crippen molar-refractivity contribution in [2.24, 2.45) is 10.2 Å². The highest BCUT2D eigenvalue weighted by molar-refractivity contribution is 4.87. The quantitative estimate of drug-likeness (QED) is 0.403. The van der Waals surface area contributed by atoms with Crippen LogP contribution >= 0.6 is 0 Å². The van der Waals surface area contributed by atoms with E-state index in [9.17, 15) is 0 Å². The van der Waals surface area contributed by atoms with E-state index in [1.165, 1.54) is 0 Å². The third-order valence-electron chi connectivity index (χ3n) is 2.87. The summed E-state index contributed by atoms with van der Waals surface area (Å²) in [5, 5.41) is 6.97. The number of ether oxygens (including phenoxy) is 2. The van der Waals surface area contributed by atoms with Crippen LogP contribution in [0, 0.1) is 0 Å². The molecule has 1 rings (SSSR count). The van der Waals surface area contributed by atoms with Crippen LogP contribution < -0.4 is 0 Å². The van der Waals surface area contributed by atoms with Crippen LogP contribution in [0.15, 0.2) is 10.2 Å². The molecule has 1 fully saturated rings. The smallest absolute Gasteiger partial charge is 0.168 e. The monoisotopic (exact) mass is 240 g/mol. The van der Waals surface area contributed by atoms with Crippen molar-refractivity contribution in [3.8, 4) is 0 Å². The first kappa shape index (κ1) is 13.6. The molecule has 0 amide bonds. The van der Waals surface area contributed by atoms with Gasteiger partial charge in [0.25, 0.3) is 0 Å². The van der Waals surface area contributed by atoms with Crippen molar-refractivity contribution < 1.29 is 9.47 Å². The van der Waals surface area contributed by atoms with Crippen molar-refractivity contribution in [2.75, 3.05) is 13.1 Å². The maximum absolute atomic E-state index is 8.31. The molecule has 0 bridgehead atoms. The molecule has 0 spiro atoms. The molecule has 0 radical (unpaired) electrons. The summed E-state index contributed by atoms with van der Waals surface area (Å²) in [5.41, 5.74) is 16.6. The van der Waals surface area contributed by atoms with E-state index < -0.39 is 5.79 Å². The maximum atomic E-state index is 8.31. The first-order valence-electron chi connectivity index (χ1n) is 5.58. The van der Waals surface area contributed by atoms with Gasteiger partial charge in [-0.1, -0.05) is 24.1 Å². The molecule has 0 saturated carbocycles. The zero-order valence-corrected chi connectivity index (χ0v) is 9.98. The van der Waals surface area contributed by atoms with Gasteiger partial charge in [-0.2, -0.15) is 0 Å². The van der Waals surface area contributed by atoms with E-state index in [1.807, 2.05) is 13.8 Å². The van der Waals surface area contributed by atoms with Crippen molar-refractivity contribution in [2.45, 2.75) is 44.7 Å². The van der Waals surface area contributed by atoms with Gasteiger partial charge in [-0.3, -0.25) is 0 Å². The van der Waals surface area contributed by atoms with Crippen LogP contribution in [0.4, 0.5) is 0 Å². The molecule has 1 aliphatic heterocycles. The summed E-state index contributed by atoms with van der Waals surface area (Å²) in [6.45, 7) is 4.29. The Morgan fingerprint density at radius 2 is 1.41 bits per heavy atom. The van der Waals surface area contributed by atoms with Crippen LogP contribution in [0.2, 0.25) is 0 Å². The minimum Gasteiger partial charge on any atom is -0.344 e. The van der Waals surface area contributed by atoms with Gasteiger partial charge >= 0.3 is 0 Å². The largest absolute Gasteiger partial charge is 0.344 e. The fraction of sp³-hybridized carbons (Fsp3) is 1.00. The standard InChI is InChI=1S/C9H16N6O2/c1-3-9(4-2)16-7(5-12-14-10)8(17-9)6-13-15-11/h7-8H,3-6H2,1-2H3/t7-,8-/m1/s1. The van der Waals surface area contributed by atoms with Gasteiger partial charge in [-0.25, -0.2) is 0 Å². The lowest BCUT2D eigenvalue weighted by Crippen LogP contribution is -2.29. The molecule has 0 aromatic carbocycles. The van der Waals surface area contributed by atoms with Gasteiger partial charge in [0.1, 0.15) is 0 Å². The second-order valence-corrected chi connectivity index (χ2v) is 3.76. The molecule has 0 aromatic heterocycles. The van der Waals surface area contributed by atoms with Gasteiger partial charge < -0.3 is 9.47 Å². The molecule has 0 aliphatic carbocycles. The highest BCUT2D eigenvalue weighted by Gasteiger charge is 2.44. The van der Waals surface area contributed by atoms with Crippen LogP contribution in [0.3, 0.4) is 0 Å². The minimum atomic E-state index is -0.648. The Kier molecular flexibility index (Phi) is 5.06. The van der Waals surface area contributed by atoms with Crippen LogP contribution in [0.1, 0.15) is 26.7 Å². The highest BCUT2D eigenvalue weighted by Crippen LogP contribution is 2.34. The third-order valence-corrected chi connectivity index (χ3v) is 2.87. The highest BCUT2D eigenvalue weighted by atomic mass is 16.8. The van der Waals surface area contributed by atoms with Gasteiger partial charge in [0.05, 0.1) is 25.3 Å². The first-order chi connectivity index (χ1) is 8.21. The van der Waals surface area contributed by atoms with Gasteiger partial charge in [-0.15, -0.1) is 0 Å². The topological polar surface area (TPSA) is 116 Å². The predicted molar refractivity (Wildman–Crippen MR) is 61.1 cm³/mol.